The van der Waals surface area contributed by atoms with Crippen LogP contribution in [0.15, 0.2) is 24.3 Å². The average Bonchev–Trinajstić information content (AvgIpc) is 2.55. The summed E-state index contributed by atoms with van der Waals surface area (Å²) in [6.45, 7) is 2.54. The molecule has 3 N–H and O–H groups in total. The lowest BCUT2D eigenvalue weighted by atomic mass is 10.0. The number of anilines is 1. The number of hydrogen-bond donors (Lipinski definition) is 2. The zero-order chi connectivity index (χ0) is 15.8. The van der Waals surface area contributed by atoms with Crippen molar-refractivity contribution in [2.24, 2.45) is 11.7 Å². The van der Waals surface area contributed by atoms with Crippen LogP contribution in [0.4, 0.5) is 5.69 Å². The SMILES string of the molecule is COCC(N)C(=O)Nc1ccc(OCC2CCOCC2)cc1.Cl. The lowest BCUT2D eigenvalue weighted by molar-refractivity contribution is -0.118. The summed E-state index contributed by atoms with van der Waals surface area (Å²) in [5.74, 6) is 1.09. The third-order valence-corrected chi connectivity index (χ3v) is 3.63. The molecule has 1 atom stereocenters. The van der Waals surface area contributed by atoms with Crippen molar-refractivity contribution < 1.29 is 19.0 Å². The maximum Gasteiger partial charge on any atom is 0.243 e. The number of methoxy groups -OCH3 is 1. The molecule has 1 heterocycles. The summed E-state index contributed by atoms with van der Waals surface area (Å²) in [7, 11) is 1.51. The standard InChI is InChI=1S/C16H24N2O4.ClH/c1-20-11-15(17)16(19)18-13-2-4-14(5-3-13)22-10-12-6-8-21-9-7-12;/h2-5,12,15H,6-11,17H2,1H3,(H,18,19);1H. The van der Waals surface area contributed by atoms with Crippen molar-refractivity contribution in [2.75, 3.05) is 38.9 Å². The van der Waals surface area contributed by atoms with Gasteiger partial charge >= 0.3 is 0 Å². The number of nitrogens with one attached hydrogen (secondary N) is 1. The summed E-state index contributed by atoms with van der Waals surface area (Å²) >= 11 is 0. The Labute approximate surface area is 143 Å². The van der Waals surface area contributed by atoms with Crippen LogP contribution in [0.3, 0.4) is 0 Å². The van der Waals surface area contributed by atoms with Crippen molar-refractivity contribution in [3.8, 4) is 5.75 Å². The Balaban J connectivity index is 0.00000264. The first-order chi connectivity index (χ1) is 10.7. The van der Waals surface area contributed by atoms with Gasteiger partial charge in [-0.15, -0.1) is 12.4 Å². The van der Waals surface area contributed by atoms with Crippen LogP contribution in [-0.2, 0) is 14.3 Å². The van der Waals surface area contributed by atoms with Gasteiger partial charge in [0.2, 0.25) is 5.91 Å². The van der Waals surface area contributed by atoms with E-state index in [2.05, 4.69) is 5.32 Å². The van der Waals surface area contributed by atoms with Gasteiger partial charge in [-0.25, -0.2) is 0 Å². The molecule has 1 fully saturated rings. The molecule has 1 aliphatic heterocycles. The number of ether oxygens (including phenoxy) is 3. The molecule has 6 nitrogen and oxygen atoms in total. The second-order valence-electron chi connectivity index (χ2n) is 5.44. The summed E-state index contributed by atoms with van der Waals surface area (Å²) < 4.78 is 16.0. The highest BCUT2D eigenvalue weighted by atomic mass is 35.5. The van der Waals surface area contributed by atoms with Crippen LogP contribution in [0.25, 0.3) is 0 Å². The van der Waals surface area contributed by atoms with Gasteiger partial charge in [-0.3, -0.25) is 4.79 Å². The number of carbonyl (C=O) groups is 1. The van der Waals surface area contributed by atoms with Gasteiger partial charge in [0.1, 0.15) is 11.8 Å². The second-order valence-corrected chi connectivity index (χ2v) is 5.44. The fourth-order valence-corrected chi connectivity index (χ4v) is 2.25. The molecule has 0 aliphatic carbocycles. The largest absolute Gasteiger partial charge is 0.493 e. The summed E-state index contributed by atoms with van der Waals surface area (Å²) in [6, 6.07) is 6.62. The molecule has 1 aromatic carbocycles. The van der Waals surface area contributed by atoms with Gasteiger partial charge in [-0.05, 0) is 43.0 Å². The number of hydrogen-bond acceptors (Lipinski definition) is 5. The molecule has 2 rings (SSSR count). The van der Waals surface area contributed by atoms with Gasteiger partial charge in [0.15, 0.2) is 0 Å². The van der Waals surface area contributed by atoms with Gasteiger partial charge in [0.25, 0.3) is 0 Å². The Hall–Kier alpha value is -1.34. The third kappa shape index (κ3) is 6.74. The zero-order valence-corrected chi connectivity index (χ0v) is 14.1. The second kappa shape index (κ2) is 10.4. The Morgan fingerprint density at radius 1 is 1.35 bits per heavy atom. The van der Waals surface area contributed by atoms with Crippen molar-refractivity contribution in [3.63, 3.8) is 0 Å². The number of nitrogens with two attached hydrogens (primary N) is 1. The van der Waals surface area contributed by atoms with Crippen LogP contribution in [0.1, 0.15) is 12.8 Å². The Morgan fingerprint density at radius 3 is 2.61 bits per heavy atom. The maximum atomic E-state index is 11.8. The van der Waals surface area contributed by atoms with Gasteiger partial charge in [0.05, 0.1) is 13.2 Å². The van der Waals surface area contributed by atoms with Crippen LogP contribution >= 0.6 is 12.4 Å². The molecule has 7 heteroatoms. The fourth-order valence-electron chi connectivity index (χ4n) is 2.25. The van der Waals surface area contributed by atoms with E-state index in [9.17, 15) is 4.79 Å². The number of rotatable bonds is 7. The molecule has 0 bridgehead atoms. The monoisotopic (exact) mass is 344 g/mol. The van der Waals surface area contributed by atoms with Gasteiger partial charge in [0, 0.05) is 26.0 Å². The summed E-state index contributed by atoms with van der Waals surface area (Å²) in [5, 5.41) is 2.74. The van der Waals surface area contributed by atoms with Crippen LogP contribution in [0.5, 0.6) is 5.75 Å². The number of carbonyl (C=O) groups excluding carboxylic acids is 1. The molecule has 0 aromatic heterocycles. The normalized spacial score (nSPS) is 16.3. The van der Waals surface area contributed by atoms with Crippen molar-refractivity contribution in [1.82, 2.24) is 0 Å². The zero-order valence-electron chi connectivity index (χ0n) is 13.3. The van der Waals surface area contributed by atoms with Crippen molar-refractivity contribution in [1.29, 1.82) is 0 Å². The van der Waals surface area contributed by atoms with Gasteiger partial charge < -0.3 is 25.3 Å². The van der Waals surface area contributed by atoms with Crippen molar-refractivity contribution >= 4 is 24.0 Å². The highest BCUT2D eigenvalue weighted by molar-refractivity contribution is 5.94. The first kappa shape index (κ1) is 19.7. The maximum absolute atomic E-state index is 11.8. The molecule has 1 saturated heterocycles. The van der Waals surface area contributed by atoms with Crippen LogP contribution in [0.2, 0.25) is 0 Å². The summed E-state index contributed by atoms with van der Waals surface area (Å²) in [6.07, 6.45) is 2.09. The predicted octanol–water partition coefficient (Wildman–Crippen LogP) is 1.83. The highest BCUT2D eigenvalue weighted by Crippen LogP contribution is 2.19. The Morgan fingerprint density at radius 2 is 2.00 bits per heavy atom. The first-order valence-corrected chi connectivity index (χ1v) is 7.55. The Kier molecular flexibility index (Phi) is 8.94. The Bertz CT molecular complexity index is 464. The minimum atomic E-state index is -0.672. The van der Waals surface area contributed by atoms with E-state index in [0.717, 1.165) is 31.8 Å². The van der Waals surface area contributed by atoms with E-state index in [1.807, 2.05) is 12.1 Å². The van der Waals surface area contributed by atoms with Crippen LogP contribution < -0.4 is 15.8 Å². The van der Waals surface area contributed by atoms with Crippen LogP contribution in [0, 0.1) is 5.92 Å². The van der Waals surface area contributed by atoms with E-state index in [1.54, 1.807) is 12.1 Å². The topological polar surface area (TPSA) is 82.8 Å². The van der Waals surface area contributed by atoms with Gasteiger partial charge in [-0.1, -0.05) is 0 Å². The van der Waals surface area contributed by atoms with Crippen LogP contribution in [-0.4, -0.2) is 45.5 Å². The number of benzene rings is 1. The van der Waals surface area contributed by atoms with E-state index >= 15 is 0 Å². The molecule has 23 heavy (non-hydrogen) atoms. The third-order valence-electron chi connectivity index (χ3n) is 3.63. The molecular formula is C16H25ClN2O4. The molecule has 0 saturated carbocycles. The van der Waals surface area contributed by atoms with E-state index in [0.29, 0.717) is 18.2 Å². The molecular weight excluding hydrogens is 320 g/mol. The highest BCUT2D eigenvalue weighted by Gasteiger charge is 2.15. The minimum absolute atomic E-state index is 0. The van der Waals surface area contributed by atoms with E-state index < -0.39 is 6.04 Å². The quantitative estimate of drug-likeness (QED) is 0.788. The average molecular weight is 345 g/mol. The minimum Gasteiger partial charge on any atom is -0.493 e. The van der Waals surface area contributed by atoms with E-state index in [4.69, 9.17) is 19.9 Å². The van der Waals surface area contributed by atoms with Gasteiger partial charge in [-0.2, -0.15) is 0 Å². The molecule has 130 valence electrons. The molecule has 1 aliphatic rings. The smallest absolute Gasteiger partial charge is 0.243 e. The predicted molar refractivity (Wildman–Crippen MR) is 91.2 cm³/mol. The first-order valence-electron chi connectivity index (χ1n) is 7.55. The molecule has 1 unspecified atom stereocenters. The lowest BCUT2D eigenvalue weighted by Crippen LogP contribution is -2.39. The summed E-state index contributed by atoms with van der Waals surface area (Å²) in [4.78, 5) is 11.8. The summed E-state index contributed by atoms with van der Waals surface area (Å²) in [5.41, 5.74) is 6.35. The lowest BCUT2D eigenvalue weighted by Gasteiger charge is -2.22. The molecule has 1 amide bonds. The van der Waals surface area contributed by atoms with Crippen molar-refractivity contribution in [2.45, 2.75) is 18.9 Å². The van der Waals surface area contributed by atoms with Crippen molar-refractivity contribution in [3.05, 3.63) is 24.3 Å². The van der Waals surface area contributed by atoms with E-state index in [1.165, 1.54) is 7.11 Å². The van der Waals surface area contributed by atoms with E-state index in [-0.39, 0.29) is 24.9 Å². The molecule has 0 radical (unpaired) electrons. The number of amides is 1. The number of halogens is 1. The molecule has 1 aromatic rings. The fraction of sp³-hybridized carbons (Fsp3) is 0.562. The molecule has 0 spiro atoms.